The van der Waals surface area contributed by atoms with E-state index in [0.717, 1.165) is 95.6 Å². The first-order valence-electron chi connectivity index (χ1n) is 17.7. The average Bonchev–Trinajstić information content (AvgIpc) is 4.00. The standard InChI is InChI=1S/C42H40N6O3.2H2S/c49-39(25-29-9-3-1-4-10-29)47-23-7-13-37(47)41-43-27-35(45-41)31-15-19-33(20-16-31)51-34-21-17-32(18-22-34)36-28-44-42(46-36)38-14-8-24-48(38)40(50)26-30-11-5-2-6-12-30;;/h1-6,9-12,15-22,27-28,37-38H,7-8,13-14,23-26H2,(H,43,45)(H,44,46);2*1H2/t37-,38-;;/m0../s1. The van der Waals surface area contributed by atoms with Crippen molar-refractivity contribution in [3.63, 3.8) is 0 Å². The van der Waals surface area contributed by atoms with Crippen molar-refractivity contribution >= 4 is 38.8 Å². The van der Waals surface area contributed by atoms with Gasteiger partial charge in [0.05, 0.1) is 48.7 Å². The van der Waals surface area contributed by atoms with Crippen molar-refractivity contribution in [3.8, 4) is 34.0 Å². The molecule has 0 spiro atoms. The number of hydrogen-bond acceptors (Lipinski definition) is 5. The van der Waals surface area contributed by atoms with Crippen LogP contribution in [0.4, 0.5) is 0 Å². The first kappa shape index (κ1) is 37.5. The fraction of sp³-hybridized carbons (Fsp3) is 0.238. The second kappa shape index (κ2) is 17.0. The zero-order valence-corrected chi connectivity index (χ0v) is 31.4. The van der Waals surface area contributed by atoms with Gasteiger partial charge in [0.25, 0.3) is 0 Å². The number of rotatable bonds is 10. The number of hydrogen-bond donors (Lipinski definition) is 2. The van der Waals surface area contributed by atoms with E-state index in [1.165, 1.54) is 0 Å². The number of aromatic nitrogens is 4. The molecule has 9 nitrogen and oxygen atoms in total. The monoisotopic (exact) mass is 744 g/mol. The van der Waals surface area contributed by atoms with Crippen LogP contribution in [0.25, 0.3) is 22.5 Å². The van der Waals surface area contributed by atoms with Gasteiger partial charge in [-0.05, 0) is 96.5 Å². The van der Waals surface area contributed by atoms with E-state index in [2.05, 4.69) is 19.9 Å². The van der Waals surface area contributed by atoms with Gasteiger partial charge in [-0.2, -0.15) is 27.0 Å². The summed E-state index contributed by atoms with van der Waals surface area (Å²) < 4.78 is 6.17. The van der Waals surface area contributed by atoms with E-state index in [1.807, 2.05) is 131 Å². The molecule has 2 N–H and O–H groups in total. The van der Waals surface area contributed by atoms with E-state index in [-0.39, 0.29) is 50.9 Å². The molecule has 2 amide bonds. The third kappa shape index (κ3) is 8.53. The van der Waals surface area contributed by atoms with Gasteiger partial charge in [0.2, 0.25) is 11.8 Å². The molecule has 53 heavy (non-hydrogen) atoms. The summed E-state index contributed by atoms with van der Waals surface area (Å²) in [6.45, 7) is 1.50. The van der Waals surface area contributed by atoms with Crippen LogP contribution in [-0.2, 0) is 22.4 Å². The van der Waals surface area contributed by atoms with E-state index in [9.17, 15) is 9.59 Å². The van der Waals surface area contributed by atoms with Crippen molar-refractivity contribution in [2.24, 2.45) is 0 Å². The number of H-pyrrole nitrogens is 2. The summed E-state index contributed by atoms with van der Waals surface area (Å²) in [5, 5.41) is 0. The van der Waals surface area contributed by atoms with Crippen LogP contribution >= 0.6 is 27.0 Å². The Bertz CT molecular complexity index is 1950. The summed E-state index contributed by atoms with van der Waals surface area (Å²) in [5.74, 6) is 3.37. The van der Waals surface area contributed by atoms with Gasteiger partial charge in [-0.1, -0.05) is 60.7 Å². The van der Waals surface area contributed by atoms with Crippen LogP contribution in [0, 0.1) is 0 Å². The summed E-state index contributed by atoms with van der Waals surface area (Å²) in [7, 11) is 0. The fourth-order valence-corrected chi connectivity index (χ4v) is 7.29. The smallest absolute Gasteiger partial charge is 0.227 e. The normalized spacial score (nSPS) is 16.5. The molecule has 2 aromatic heterocycles. The first-order valence-corrected chi connectivity index (χ1v) is 17.7. The number of aromatic amines is 2. The number of nitrogens with zero attached hydrogens (tertiary/aromatic N) is 4. The molecule has 2 aliphatic heterocycles. The number of imidazole rings is 2. The van der Waals surface area contributed by atoms with Gasteiger partial charge in [-0.25, -0.2) is 9.97 Å². The van der Waals surface area contributed by atoms with Gasteiger partial charge in [-0.3, -0.25) is 9.59 Å². The number of ether oxygens (including phenoxy) is 1. The maximum absolute atomic E-state index is 13.1. The highest BCUT2D eigenvalue weighted by molar-refractivity contribution is 7.59. The molecule has 0 unspecified atom stereocenters. The van der Waals surface area contributed by atoms with Gasteiger partial charge in [-0.15, -0.1) is 0 Å². The van der Waals surface area contributed by atoms with Gasteiger partial charge in [0.15, 0.2) is 0 Å². The lowest BCUT2D eigenvalue weighted by Crippen LogP contribution is -2.32. The number of nitrogens with one attached hydrogen (secondary N) is 2. The second-order valence-corrected chi connectivity index (χ2v) is 13.3. The summed E-state index contributed by atoms with van der Waals surface area (Å²) in [6.07, 6.45) is 8.22. The third-order valence-corrected chi connectivity index (χ3v) is 9.93. The predicted molar refractivity (Wildman–Crippen MR) is 217 cm³/mol. The minimum atomic E-state index is -0.0413. The van der Waals surface area contributed by atoms with Crippen molar-refractivity contribution < 1.29 is 14.3 Å². The van der Waals surface area contributed by atoms with Gasteiger partial charge < -0.3 is 24.5 Å². The van der Waals surface area contributed by atoms with E-state index in [1.54, 1.807) is 0 Å². The molecule has 4 aromatic carbocycles. The Morgan fingerprint density at radius 1 is 0.585 bits per heavy atom. The highest BCUT2D eigenvalue weighted by Crippen LogP contribution is 2.34. The molecule has 6 aromatic rings. The zero-order chi connectivity index (χ0) is 34.6. The molecule has 2 atom stereocenters. The second-order valence-electron chi connectivity index (χ2n) is 13.3. The molecule has 8 rings (SSSR count). The van der Waals surface area contributed by atoms with Gasteiger partial charge in [0, 0.05) is 13.1 Å². The lowest BCUT2D eigenvalue weighted by molar-refractivity contribution is -0.132. The van der Waals surface area contributed by atoms with Crippen LogP contribution in [0.3, 0.4) is 0 Å². The largest absolute Gasteiger partial charge is 0.457 e. The van der Waals surface area contributed by atoms with Crippen molar-refractivity contribution in [1.82, 2.24) is 29.7 Å². The van der Waals surface area contributed by atoms with E-state index < -0.39 is 0 Å². The SMILES string of the molecule is O=C(Cc1ccccc1)N1CCC[C@H]1c1ncc(-c2ccc(Oc3ccc(-c4cnc([C@@H]5CCCN5C(=O)Cc5ccccc5)[nH]4)cc3)cc2)[nH]1.S.S. The van der Waals surface area contributed by atoms with E-state index in [4.69, 9.17) is 4.74 Å². The highest BCUT2D eigenvalue weighted by Gasteiger charge is 2.33. The van der Waals surface area contributed by atoms with Crippen molar-refractivity contribution in [3.05, 3.63) is 144 Å². The van der Waals surface area contributed by atoms with Crippen molar-refractivity contribution in [2.45, 2.75) is 50.6 Å². The Morgan fingerprint density at radius 3 is 1.38 bits per heavy atom. The quantitative estimate of drug-likeness (QED) is 0.147. The Labute approximate surface area is 323 Å². The summed E-state index contributed by atoms with van der Waals surface area (Å²) in [5.41, 5.74) is 5.86. The molecule has 0 aliphatic carbocycles. The molecular formula is C42H44N6O3S2. The highest BCUT2D eigenvalue weighted by atomic mass is 32.1. The Morgan fingerprint density at radius 2 is 0.981 bits per heavy atom. The van der Waals surface area contributed by atoms with Crippen LogP contribution in [-0.4, -0.2) is 54.6 Å². The Hall–Kier alpha value is -5.26. The molecular weight excluding hydrogens is 701 g/mol. The summed E-state index contributed by atoms with van der Waals surface area (Å²) in [6, 6.07) is 35.5. The van der Waals surface area contributed by atoms with Gasteiger partial charge >= 0.3 is 0 Å². The van der Waals surface area contributed by atoms with Crippen LogP contribution in [0.15, 0.2) is 122 Å². The molecule has 11 heteroatoms. The van der Waals surface area contributed by atoms with Crippen LogP contribution in [0.2, 0.25) is 0 Å². The maximum Gasteiger partial charge on any atom is 0.227 e. The van der Waals surface area contributed by atoms with Crippen LogP contribution < -0.4 is 4.74 Å². The lowest BCUT2D eigenvalue weighted by atomic mass is 10.1. The maximum atomic E-state index is 13.1. The summed E-state index contributed by atoms with van der Waals surface area (Å²) >= 11 is 0. The molecule has 2 fully saturated rings. The van der Waals surface area contributed by atoms with E-state index in [0.29, 0.717) is 12.8 Å². The van der Waals surface area contributed by atoms with Crippen LogP contribution in [0.5, 0.6) is 11.5 Å². The molecule has 0 saturated carbocycles. The number of carbonyl (C=O) groups is 2. The number of carbonyl (C=O) groups excluding carboxylic acids is 2. The zero-order valence-electron chi connectivity index (χ0n) is 29.4. The molecule has 2 aliphatic rings. The van der Waals surface area contributed by atoms with Crippen molar-refractivity contribution in [2.75, 3.05) is 13.1 Å². The Balaban J connectivity index is 0.00000240. The van der Waals surface area contributed by atoms with E-state index >= 15 is 0 Å². The molecule has 2 saturated heterocycles. The first-order chi connectivity index (χ1) is 25.1. The minimum absolute atomic E-state index is 0. The third-order valence-electron chi connectivity index (χ3n) is 9.93. The minimum Gasteiger partial charge on any atom is -0.457 e. The molecule has 272 valence electrons. The topological polar surface area (TPSA) is 107 Å². The molecule has 4 heterocycles. The number of benzene rings is 4. The van der Waals surface area contributed by atoms with Gasteiger partial charge in [0.1, 0.15) is 23.1 Å². The fourth-order valence-electron chi connectivity index (χ4n) is 7.29. The predicted octanol–water partition coefficient (Wildman–Crippen LogP) is 8.30. The Kier molecular flexibility index (Phi) is 12.1. The average molecular weight is 745 g/mol. The molecule has 0 bridgehead atoms. The molecule has 0 radical (unpaired) electrons. The lowest BCUT2D eigenvalue weighted by Gasteiger charge is -2.23. The number of amides is 2. The number of likely N-dealkylation sites (tertiary alicyclic amines) is 2. The summed E-state index contributed by atoms with van der Waals surface area (Å²) in [4.78, 5) is 46.5. The van der Waals surface area contributed by atoms with Crippen LogP contribution in [0.1, 0.15) is 60.5 Å². The van der Waals surface area contributed by atoms with Crippen molar-refractivity contribution in [1.29, 1.82) is 0 Å².